The van der Waals surface area contributed by atoms with E-state index in [1.165, 1.54) is 12.7 Å². The Bertz CT molecular complexity index is 1180. The molecule has 3 heteroatoms. The fraction of sp³-hybridized carbons (Fsp3) is 0.150. The number of hydrogen-bond acceptors (Lipinski definition) is 2. The van der Waals surface area contributed by atoms with Crippen LogP contribution < -0.4 is 5.19 Å². The summed E-state index contributed by atoms with van der Waals surface area (Å²) < 4.78 is 52.9. The lowest BCUT2D eigenvalue weighted by Crippen LogP contribution is -2.37. The predicted molar refractivity (Wildman–Crippen MR) is 99.9 cm³/mol. The van der Waals surface area contributed by atoms with Crippen molar-refractivity contribution in [2.45, 2.75) is 19.5 Å². The van der Waals surface area contributed by atoms with Gasteiger partial charge in [-0.25, -0.2) is 0 Å². The van der Waals surface area contributed by atoms with Crippen molar-refractivity contribution in [2.75, 3.05) is 0 Å². The standard InChI is InChI=1S/C20H19NOSi/c1-23(2,3)15-9-10-18(21-13-15)14-8-11-20-17(12-14)16-6-4-5-7-19(16)22-20/h4-13H,1-3H3/i1D3,2D3. The van der Waals surface area contributed by atoms with E-state index in [-0.39, 0.29) is 0 Å². The Morgan fingerprint density at radius 1 is 0.957 bits per heavy atom. The van der Waals surface area contributed by atoms with Gasteiger partial charge < -0.3 is 4.42 Å². The van der Waals surface area contributed by atoms with Gasteiger partial charge >= 0.3 is 0 Å². The second-order valence-electron chi connectivity index (χ2n) is 5.87. The molecule has 114 valence electrons. The van der Waals surface area contributed by atoms with Gasteiger partial charge in [0.2, 0.25) is 0 Å². The number of rotatable bonds is 2. The lowest BCUT2D eigenvalue weighted by molar-refractivity contribution is 0.669. The number of pyridine rings is 1. The molecular formula is C20H19NOSi. The summed E-state index contributed by atoms with van der Waals surface area (Å²) in [5.41, 5.74) is 3.08. The number of furan rings is 1. The molecule has 2 aromatic heterocycles. The quantitative estimate of drug-likeness (QED) is 0.474. The zero-order chi connectivity index (χ0) is 21.0. The van der Waals surface area contributed by atoms with Crippen LogP contribution in [0.3, 0.4) is 0 Å². The van der Waals surface area contributed by atoms with Crippen molar-refractivity contribution in [1.82, 2.24) is 4.98 Å². The predicted octanol–water partition coefficient (Wildman–Crippen LogP) is 5.19. The maximum atomic E-state index is 7.84. The largest absolute Gasteiger partial charge is 0.456 e. The summed E-state index contributed by atoms with van der Waals surface area (Å²) in [7, 11) is -3.80. The SMILES string of the molecule is [2H]C([2H])([2H])[Si](C)(c1ccc(-c2ccc3oc4ccccc4c3c2)nc1)C([2H])([2H])[2H]. The average molecular weight is 324 g/mol. The van der Waals surface area contributed by atoms with E-state index in [2.05, 4.69) is 4.98 Å². The van der Waals surface area contributed by atoms with E-state index < -0.39 is 21.0 Å². The molecule has 0 aliphatic heterocycles. The second kappa shape index (κ2) is 5.07. The topological polar surface area (TPSA) is 26.0 Å². The Morgan fingerprint density at radius 3 is 2.57 bits per heavy atom. The molecule has 0 radical (unpaired) electrons. The third kappa shape index (κ3) is 2.47. The van der Waals surface area contributed by atoms with E-state index in [1.807, 2.05) is 42.5 Å². The molecule has 2 aromatic carbocycles. The van der Waals surface area contributed by atoms with E-state index in [4.69, 9.17) is 12.6 Å². The zero-order valence-corrected chi connectivity index (χ0v) is 13.6. The highest BCUT2D eigenvalue weighted by atomic mass is 28.3. The molecule has 0 unspecified atom stereocenters. The normalized spacial score (nSPS) is 17.1. The molecule has 2 heterocycles. The molecule has 4 rings (SSSR count). The van der Waals surface area contributed by atoms with E-state index in [0.717, 1.165) is 27.5 Å². The first-order valence-electron chi connectivity index (χ1n) is 10.4. The molecule has 0 fully saturated rings. The maximum absolute atomic E-state index is 7.84. The highest BCUT2D eigenvalue weighted by Crippen LogP contribution is 2.31. The van der Waals surface area contributed by atoms with E-state index >= 15 is 0 Å². The molecule has 0 bridgehead atoms. The number of aromatic nitrogens is 1. The van der Waals surface area contributed by atoms with Crippen LogP contribution >= 0.6 is 0 Å². The van der Waals surface area contributed by atoms with Crippen molar-refractivity contribution >= 4 is 35.2 Å². The van der Waals surface area contributed by atoms with E-state index in [9.17, 15) is 0 Å². The van der Waals surface area contributed by atoms with Gasteiger partial charge in [-0.3, -0.25) is 4.98 Å². The van der Waals surface area contributed by atoms with Gasteiger partial charge in [-0.1, -0.05) is 43.8 Å². The Balaban J connectivity index is 1.79. The molecule has 0 aliphatic rings. The molecule has 23 heavy (non-hydrogen) atoms. The summed E-state index contributed by atoms with van der Waals surface area (Å²) >= 11 is 0. The van der Waals surface area contributed by atoms with Crippen molar-refractivity contribution < 1.29 is 12.6 Å². The molecule has 0 amide bonds. The van der Waals surface area contributed by atoms with Crippen LogP contribution in [0, 0.1) is 0 Å². The molecule has 0 atom stereocenters. The van der Waals surface area contributed by atoms with Crippen molar-refractivity contribution in [3.05, 3.63) is 60.8 Å². The Hall–Kier alpha value is -2.39. The van der Waals surface area contributed by atoms with Crippen LogP contribution in [0.15, 0.2) is 65.2 Å². The third-order valence-electron chi connectivity index (χ3n) is 4.01. The van der Waals surface area contributed by atoms with Crippen molar-refractivity contribution in [3.63, 3.8) is 0 Å². The number of hydrogen-bond donors (Lipinski definition) is 0. The van der Waals surface area contributed by atoms with Crippen LogP contribution in [0.4, 0.5) is 0 Å². The summed E-state index contributed by atoms with van der Waals surface area (Å²) in [6.45, 7) is -3.74. The van der Waals surface area contributed by atoms with E-state index in [0.29, 0.717) is 10.9 Å². The summed E-state index contributed by atoms with van der Waals surface area (Å²) in [4.78, 5) is 4.42. The Kier molecular flexibility index (Phi) is 1.99. The van der Waals surface area contributed by atoms with Gasteiger partial charge in [0.15, 0.2) is 0 Å². The van der Waals surface area contributed by atoms with Gasteiger partial charge in [0.1, 0.15) is 11.2 Å². The minimum atomic E-state index is -3.80. The summed E-state index contributed by atoms with van der Waals surface area (Å²) in [6, 6.07) is 16.8. The van der Waals surface area contributed by atoms with Crippen LogP contribution in [0.2, 0.25) is 19.5 Å². The first-order valence-corrected chi connectivity index (χ1v) is 9.90. The third-order valence-corrected chi connectivity index (χ3v) is 5.46. The lowest BCUT2D eigenvalue weighted by atomic mass is 10.1. The minimum absolute atomic E-state index is 0.302. The molecule has 0 spiro atoms. The van der Waals surface area contributed by atoms with Crippen molar-refractivity contribution in [1.29, 1.82) is 0 Å². The van der Waals surface area contributed by atoms with Crippen molar-refractivity contribution in [2.24, 2.45) is 0 Å². The first kappa shape index (κ1) is 9.04. The van der Waals surface area contributed by atoms with Gasteiger partial charge in [0, 0.05) is 30.8 Å². The lowest BCUT2D eigenvalue weighted by Gasteiger charge is -2.16. The Labute approximate surface area is 145 Å². The summed E-state index contributed by atoms with van der Waals surface area (Å²) in [5, 5.41) is 2.27. The highest BCUT2D eigenvalue weighted by Gasteiger charge is 2.16. The molecule has 0 aliphatic carbocycles. The van der Waals surface area contributed by atoms with Gasteiger partial charge in [0.05, 0.1) is 13.8 Å². The fourth-order valence-electron chi connectivity index (χ4n) is 2.75. The van der Waals surface area contributed by atoms with Crippen LogP contribution in [0.1, 0.15) is 8.22 Å². The van der Waals surface area contributed by atoms with E-state index in [1.54, 1.807) is 12.1 Å². The highest BCUT2D eigenvalue weighted by molar-refractivity contribution is 6.88. The molecule has 0 saturated heterocycles. The fourth-order valence-corrected chi connectivity index (χ4v) is 3.49. The zero-order valence-electron chi connectivity index (χ0n) is 18.6. The van der Waals surface area contributed by atoms with Crippen LogP contribution in [-0.2, 0) is 0 Å². The second-order valence-corrected chi connectivity index (χ2v) is 8.69. The number of nitrogens with zero attached hydrogens (tertiary/aromatic N) is 1. The smallest absolute Gasteiger partial charge is 0.135 e. The average Bonchev–Trinajstić information content (AvgIpc) is 3.03. The minimum Gasteiger partial charge on any atom is -0.456 e. The molecule has 0 N–H and O–H groups in total. The van der Waals surface area contributed by atoms with Gasteiger partial charge in [0.25, 0.3) is 0 Å². The van der Waals surface area contributed by atoms with Gasteiger partial charge in [-0.05, 0) is 35.5 Å². The summed E-state index contributed by atoms with van der Waals surface area (Å²) in [6.07, 6.45) is 1.41. The number of fused-ring (bicyclic) bond motifs is 3. The van der Waals surface area contributed by atoms with Crippen molar-refractivity contribution in [3.8, 4) is 11.3 Å². The monoisotopic (exact) mass is 323 g/mol. The Morgan fingerprint density at radius 2 is 1.78 bits per heavy atom. The van der Waals surface area contributed by atoms with Crippen LogP contribution in [0.25, 0.3) is 33.2 Å². The summed E-state index contributed by atoms with van der Waals surface area (Å²) in [5.74, 6) is 0. The van der Waals surface area contributed by atoms with Crippen LogP contribution in [-0.4, -0.2) is 13.1 Å². The van der Waals surface area contributed by atoms with Crippen LogP contribution in [0.5, 0.6) is 0 Å². The molecule has 4 aromatic rings. The van der Waals surface area contributed by atoms with Gasteiger partial charge in [-0.15, -0.1) is 0 Å². The maximum Gasteiger partial charge on any atom is 0.135 e. The molecular weight excluding hydrogens is 298 g/mol. The number of para-hydroxylation sites is 1. The number of benzene rings is 2. The first-order chi connectivity index (χ1) is 13.5. The van der Waals surface area contributed by atoms with Gasteiger partial charge in [-0.2, -0.15) is 0 Å². The molecule has 0 saturated carbocycles. The molecule has 2 nitrogen and oxygen atoms in total.